The predicted molar refractivity (Wildman–Crippen MR) is 132 cm³/mol. The van der Waals surface area contributed by atoms with Crippen molar-refractivity contribution in [2.45, 2.75) is 78.4 Å². The number of guanidine groups is 1. The van der Waals surface area contributed by atoms with E-state index in [-0.39, 0.29) is 36.1 Å². The molecular formula is C21H44IN5O2. The summed E-state index contributed by atoms with van der Waals surface area (Å²) >= 11 is 0. The third-order valence-electron chi connectivity index (χ3n) is 4.83. The lowest BCUT2D eigenvalue weighted by molar-refractivity contribution is 0.0523. The quantitative estimate of drug-likeness (QED) is 0.231. The Morgan fingerprint density at radius 1 is 1.24 bits per heavy atom. The number of nitrogens with one attached hydrogen (secondary N) is 3. The Kier molecular flexibility index (Phi) is 14.7. The van der Waals surface area contributed by atoms with Gasteiger partial charge in [-0.25, -0.2) is 4.79 Å². The predicted octanol–water partition coefficient (Wildman–Crippen LogP) is 3.58. The average Bonchev–Trinajstić information content (AvgIpc) is 3.06. The first kappa shape index (κ1) is 28.2. The molecule has 7 nitrogen and oxygen atoms in total. The van der Waals surface area contributed by atoms with Crippen LogP contribution in [-0.2, 0) is 4.74 Å². The number of ether oxygens (including phenoxy) is 1. The molecule has 0 bridgehead atoms. The minimum atomic E-state index is -0.485. The second-order valence-corrected chi connectivity index (χ2v) is 8.77. The molecule has 1 rings (SSSR count). The van der Waals surface area contributed by atoms with E-state index in [0.717, 1.165) is 38.3 Å². The number of alkyl carbamates (subject to hydrolysis) is 1. The molecule has 0 aromatic rings. The van der Waals surface area contributed by atoms with Crippen molar-refractivity contribution in [3.63, 3.8) is 0 Å². The zero-order valence-corrected chi connectivity index (χ0v) is 21.7. The molecule has 0 aliphatic carbocycles. The van der Waals surface area contributed by atoms with Crippen molar-refractivity contribution in [1.82, 2.24) is 20.9 Å². The molecule has 8 heteroatoms. The average molecular weight is 526 g/mol. The molecule has 0 radical (unpaired) electrons. The van der Waals surface area contributed by atoms with Crippen LogP contribution in [0.15, 0.2) is 4.99 Å². The first-order valence-corrected chi connectivity index (χ1v) is 10.9. The lowest BCUT2D eigenvalue weighted by atomic mass is 10.1. The van der Waals surface area contributed by atoms with Crippen molar-refractivity contribution in [3.8, 4) is 0 Å². The van der Waals surface area contributed by atoms with E-state index >= 15 is 0 Å². The molecule has 1 aliphatic heterocycles. The van der Waals surface area contributed by atoms with Crippen LogP contribution in [-0.4, -0.2) is 68.4 Å². The topological polar surface area (TPSA) is 78.0 Å². The number of hydrogen-bond donors (Lipinski definition) is 3. The van der Waals surface area contributed by atoms with Crippen molar-refractivity contribution in [2.75, 3.05) is 39.8 Å². The number of carbonyl (C=O) groups is 1. The second-order valence-electron chi connectivity index (χ2n) is 8.77. The van der Waals surface area contributed by atoms with Gasteiger partial charge in [-0.1, -0.05) is 26.7 Å². The molecular weight excluding hydrogens is 481 g/mol. The van der Waals surface area contributed by atoms with E-state index < -0.39 is 5.60 Å². The third-order valence-corrected chi connectivity index (χ3v) is 4.83. The molecule has 2 atom stereocenters. The van der Waals surface area contributed by atoms with Gasteiger partial charge in [0.05, 0.1) is 0 Å². The summed E-state index contributed by atoms with van der Waals surface area (Å²) in [6.45, 7) is 15.0. The molecule has 0 aromatic heterocycles. The Balaban J connectivity index is 0.00000784. The van der Waals surface area contributed by atoms with Gasteiger partial charge in [-0.15, -0.1) is 24.0 Å². The van der Waals surface area contributed by atoms with Gasteiger partial charge in [0.15, 0.2) is 5.96 Å². The Morgan fingerprint density at radius 2 is 1.97 bits per heavy atom. The standard InChI is InChI=1S/C21H43N5O2.HI/c1-7-9-10-18(15-24-20(27)28-21(3,4)5)25-19(22-6)23-14-17-11-13-26(16-17)12-8-2;/h17-18H,7-16H2,1-6H3,(H,24,27)(H2,22,23,25);1H. The largest absolute Gasteiger partial charge is 0.444 e. The zero-order valence-electron chi connectivity index (χ0n) is 19.3. The minimum absolute atomic E-state index is 0. The van der Waals surface area contributed by atoms with Crippen molar-refractivity contribution in [2.24, 2.45) is 10.9 Å². The lowest BCUT2D eigenvalue weighted by Gasteiger charge is -2.24. The van der Waals surface area contributed by atoms with Gasteiger partial charge in [-0.2, -0.15) is 0 Å². The number of carbonyl (C=O) groups excluding carboxylic acids is 1. The van der Waals surface area contributed by atoms with Crippen LogP contribution >= 0.6 is 24.0 Å². The fourth-order valence-electron chi connectivity index (χ4n) is 3.42. The van der Waals surface area contributed by atoms with Crippen molar-refractivity contribution < 1.29 is 9.53 Å². The van der Waals surface area contributed by atoms with Crippen LogP contribution in [0.3, 0.4) is 0 Å². The lowest BCUT2D eigenvalue weighted by Crippen LogP contribution is -2.49. The third kappa shape index (κ3) is 13.2. The molecule has 1 heterocycles. The Morgan fingerprint density at radius 3 is 2.55 bits per heavy atom. The highest BCUT2D eigenvalue weighted by molar-refractivity contribution is 14.0. The molecule has 0 spiro atoms. The Labute approximate surface area is 195 Å². The number of halogens is 1. The van der Waals surface area contributed by atoms with Crippen LogP contribution in [0.25, 0.3) is 0 Å². The van der Waals surface area contributed by atoms with Crippen molar-refractivity contribution in [1.29, 1.82) is 0 Å². The molecule has 0 aromatic carbocycles. The zero-order chi connectivity index (χ0) is 21.0. The van der Waals surface area contributed by atoms with Crippen molar-refractivity contribution in [3.05, 3.63) is 0 Å². The number of rotatable bonds is 10. The summed E-state index contributed by atoms with van der Waals surface area (Å²) in [6, 6.07) is 0.124. The first-order valence-electron chi connectivity index (χ1n) is 10.9. The van der Waals surface area contributed by atoms with Crippen molar-refractivity contribution >= 4 is 36.0 Å². The molecule has 1 saturated heterocycles. The maximum atomic E-state index is 12.0. The van der Waals surface area contributed by atoms with Gasteiger partial charge < -0.3 is 25.6 Å². The number of aliphatic imine (C=N–C) groups is 1. The highest BCUT2D eigenvalue weighted by Crippen LogP contribution is 2.15. The molecule has 0 saturated carbocycles. The summed E-state index contributed by atoms with van der Waals surface area (Å²) < 4.78 is 5.34. The summed E-state index contributed by atoms with van der Waals surface area (Å²) in [5, 5.41) is 9.83. The fourth-order valence-corrected chi connectivity index (χ4v) is 3.42. The number of likely N-dealkylation sites (tertiary alicyclic amines) is 1. The van der Waals surface area contributed by atoms with E-state index in [1.165, 1.54) is 25.9 Å². The SMILES string of the molecule is CCCCC(CNC(=O)OC(C)(C)C)NC(=NC)NCC1CCN(CCC)C1.I. The molecule has 1 aliphatic rings. The number of amides is 1. The summed E-state index contributed by atoms with van der Waals surface area (Å²) in [7, 11) is 1.80. The van der Waals surface area contributed by atoms with E-state index in [9.17, 15) is 4.79 Å². The van der Waals surface area contributed by atoms with E-state index in [1.807, 2.05) is 20.8 Å². The summed E-state index contributed by atoms with van der Waals surface area (Å²) in [6.07, 6.45) is 5.27. The van der Waals surface area contributed by atoms with E-state index in [1.54, 1.807) is 7.05 Å². The fraction of sp³-hybridized carbons (Fsp3) is 0.905. The van der Waals surface area contributed by atoms with Gasteiger partial charge in [0.1, 0.15) is 5.60 Å². The summed E-state index contributed by atoms with van der Waals surface area (Å²) in [5.41, 5.74) is -0.485. The van der Waals surface area contributed by atoms with Crippen LogP contribution in [0.4, 0.5) is 4.79 Å². The van der Waals surface area contributed by atoms with Crippen LogP contribution in [0.2, 0.25) is 0 Å². The molecule has 3 N–H and O–H groups in total. The summed E-state index contributed by atoms with van der Waals surface area (Å²) in [4.78, 5) is 18.9. The van der Waals surface area contributed by atoms with Crippen LogP contribution in [0, 0.1) is 5.92 Å². The number of hydrogen-bond acceptors (Lipinski definition) is 4. The maximum Gasteiger partial charge on any atom is 0.407 e. The molecule has 29 heavy (non-hydrogen) atoms. The molecule has 1 fully saturated rings. The van der Waals surface area contributed by atoms with Gasteiger partial charge in [0.25, 0.3) is 0 Å². The minimum Gasteiger partial charge on any atom is -0.444 e. The van der Waals surface area contributed by atoms with E-state index in [4.69, 9.17) is 4.74 Å². The molecule has 172 valence electrons. The van der Waals surface area contributed by atoms with Gasteiger partial charge >= 0.3 is 6.09 Å². The molecule has 1 amide bonds. The normalized spacial score (nSPS) is 18.7. The Hall–Kier alpha value is -0.770. The first-order chi connectivity index (χ1) is 13.3. The molecule has 2 unspecified atom stereocenters. The highest BCUT2D eigenvalue weighted by atomic mass is 127. The number of unbranched alkanes of at least 4 members (excludes halogenated alkanes) is 1. The van der Waals surface area contributed by atoms with Gasteiger partial charge in [-0.3, -0.25) is 4.99 Å². The van der Waals surface area contributed by atoms with Gasteiger partial charge in [-0.05, 0) is 59.0 Å². The van der Waals surface area contributed by atoms with Gasteiger partial charge in [0, 0.05) is 32.7 Å². The highest BCUT2D eigenvalue weighted by Gasteiger charge is 2.22. The second kappa shape index (κ2) is 15.1. The monoisotopic (exact) mass is 525 g/mol. The number of nitrogens with zero attached hydrogens (tertiary/aromatic N) is 2. The summed E-state index contributed by atoms with van der Waals surface area (Å²) in [5.74, 6) is 1.47. The van der Waals surface area contributed by atoms with E-state index in [2.05, 4.69) is 39.7 Å². The maximum absolute atomic E-state index is 12.0. The van der Waals surface area contributed by atoms with Crippen LogP contribution < -0.4 is 16.0 Å². The van der Waals surface area contributed by atoms with Crippen LogP contribution in [0.1, 0.15) is 66.7 Å². The smallest absolute Gasteiger partial charge is 0.407 e. The van der Waals surface area contributed by atoms with E-state index in [0.29, 0.717) is 12.5 Å². The Bertz CT molecular complexity index is 482. The van der Waals surface area contributed by atoms with Gasteiger partial charge in [0.2, 0.25) is 0 Å². The van der Waals surface area contributed by atoms with Crippen LogP contribution in [0.5, 0.6) is 0 Å².